The molecule has 1 heterocycles. The van der Waals surface area contributed by atoms with Crippen LogP contribution in [-0.2, 0) is 6.54 Å². The Labute approximate surface area is 129 Å². The number of nitrogens with one attached hydrogen (secondary N) is 2. The molecule has 0 aliphatic carbocycles. The summed E-state index contributed by atoms with van der Waals surface area (Å²) in [5, 5.41) is 6.48. The number of nitrogens with zero attached hydrogens (tertiary/aromatic N) is 1. The van der Waals surface area contributed by atoms with Gasteiger partial charge in [0.05, 0.1) is 6.04 Å². The van der Waals surface area contributed by atoms with Crippen LogP contribution in [0.15, 0.2) is 48.8 Å². The van der Waals surface area contributed by atoms with Crippen LogP contribution in [0.25, 0.3) is 0 Å². The van der Waals surface area contributed by atoms with Crippen molar-refractivity contribution >= 4 is 17.6 Å². The molecule has 0 bridgehead atoms. The summed E-state index contributed by atoms with van der Waals surface area (Å²) >= 11 is 5.88. The highest BCUT2D eigenvalue weighted by Crippen LogP contribution is 2.18. The number of benzene rings is 1. The first kappa shape index (κ1) is 15.3. The zero-order valence-corrected chi connectivity index (χ0v) is 12.6. The summed E-state index contributed by atoms with van der Waals surface area (Å²) in [4.78, 5) is 16.0. The lowest BCUT2D eigenvalue weighted by Crippen LogP contribution is -2.37. The molecule has 2 rings (SSSR count). The molecule has 2 N–H and O–H groups in total. The highest BCUT2D eigenvalue weighted by molar-refractivity contribution is 6.30. The maximum atomic E-state index is 12.0. The molecule has 1 aromatic heterocycles. The smallest absolute Gasteiger partial charge is 0.315 e. The second-order valence-electron chi connectivity index (χ2n) is 4.70. The van der Waals surface area contributed by atoms with Gasteiger partial charge >= 0.3 is 6.03 Å². The SMILES string of the molecule is CCC(NC(=O)NCc1cccnc1)c1ccc(Cl)cc1. The van der Waals surface area contributed by atoms with E-state index in [4.69, 9.17) is 11.6 Å². The molecule has 1 unspecified atom stereocenters. The van der Waals surface area contributed by atoms with Crippen molar-refractivity contribution in [1.82, 2.24) is 15.6 Å². The number of hydrogen-bond donors (Lipinski definition) is 2. The topological polar surface area (TPSA) is 54.0 Å². The maximum absolute atomic E-state index is 12.0. The molecule has 0 aliphatic heterocycles. The average molecular weight is 304 g/mol. The van der Waals surface area contributed by atoms with Gasteiger partial charge in [-0.1, -0.05) is 36.7 Å². The lowest BCUT2D eigenvalue weighted by molar-refractivity contribution is 0.236. The van der Waals surface area contributed by atoms with E-state index in [-0.39, 0.29) is 12.1 Å². The highest BCUT2D eigenvalue weighted by Gasteiger charge is 2.12. The fourth-order valence-electron chi connectivity index (χ4n) is 2.01. The van der Waals surface area contributed by atoms with Gasteiger partial charge in [-0.25, -0.2) is 4.79 Å². The van der Waals surface area contributed by atoms with Gasteiger partial charge in [-0.2, -0.15) is 0 Å². The van der Waals surface area contributed by atoms with Gasteiger partial charge in [0.25, 0.3) is 0 Å². The Bertz CT molecular complexity index is 572. The zero-order chi connectivity index (χ0) is 15.1. The van der Waals surface area contributed by atoms with Crippen molar-refractivity contribution in [1.29, 1.82) is 0 Å². The number of amides is 2. The average Bonchev–Trinajstić information content (AvgIpc) is 2.52. The maximum Gasteiger partial charge on any atom is 0.315 e. The summed E-state index contributed by atoms with van der Waals surface area (Å²) < 4.78 is 0. The molecule has 21 heavy (non-hydrogen) atoms. The fraction of sp³-hybridized carbons (Fsp3) is 0.250. The second-order valence-corrected chi connectivity index (χ2v) is 5.14. The lowest BCUT2D eigenvalue weighted by Gasteiger charge is -2.18. The predicted octanol–water partition coefficient (Wildman–Crippen LogP) is 3.69. The van der Waals surface area contributed by atoms with Crippen LogP contribution in [-0.4, -0.2) is 11.0 Å². The van der Waals surface area contributed by atoms with E-state index < -0.39 is 0 Å². The van der Waals surface area contributed by atoms with Crippen molar-refractivity contribution in [2.45, 2.75) is 25.9 Å². The van der Waals surface area contributed by atoms with Gasteiger partial charge in [-0.3, -0.25) is 4.98 Å². The van der Waals surface area contributed by atoms with E-state index in [1.807, 2.05) is 43.3 Å². The molecule has 2 aromatic rings. The third kappa shape index (κ3) is 4.76. The lowest BCUT2D eigenvalue weighted by atomic mass is 10.1. The van der Waals surface area contributed by atoms with Gasteiger partial charge in [0.2, 0.25) is 0 Å². The van der Waals surface area contributed by atoms with Crippen LogP contribution < -0.4 is 10.6 Å². The van der Waals surface area contributed by atoms with Crippen molar-refractivity contribution in [2.75, 3.05) is 0 Å². The molecular formula is C16H18ClN3O. The van der Waals surface area contributed by atoms with Gasteiger partial charge < -0.3 is 10.6 Å². The molecule has 0 spiro atoms. The molecule has 5 heteroatoms. The van der Waals surface area contributed by atoms with Crippen LogP contribution in [0.4, 0.5) is 4.79 Å². The molecule has 2 amide bonds. The first-order chi connectivity index (χ1) is 10.2. The Morgan fingerprint density at radius 2 is 2.05 bits per heavy atom. The molecule has 0 saturated carbocycles. The van der Waals surface area contributed by atoms with Crippen molar-refractivity contribution in [3.8, 4) is 0 Å². The van der Waals surface area contributed by atoms with Crippen LogP contribution in [0.2, 0.25) is 5.02 Å². The van der Waals surface area contributed by atoms with Crippen LogP contribution >= 0.6 is 11.6 Å². The number of hydrogen-bond acceptors (Lipinski definition) is 2. The largest absolute Gasteiger partial charge is 0.334 e. The fourth-order valence-corrected chi connectivity index (χ4v) is 2.14. The molecule has 0 fully saturated rings. The Kier molecular flexibility index (Phi) is 5.58. The Morgan fingerprint density at radius 1 is 1.29 bits per heavy atom. The minimum Gasteiger partial charge on any atom is -0.334 e. The van der Waals surface area contributed by atoms with E-state index >= 15 is 0 Å². The zero-order valence-electron chi connectivity index (χ0n) is 11.8. The monoisotopic (exact) mass is 303 g/mol. The van der Waals surface area contributed by atoms with Crippen molar-refractivity contribution in [3.63, 3.8) is 0 Å². The molecule has 1 atom stereocenters. The molecule has 110 valence electrons. The molecule has 0 saturated heterocycles. The first-order valence-electron chi connectivity index (χ1n) is 6.87. The van der Waals surface area contributed by atoms with Gasteiger partial charge in [0, 0.05) is 24.0 Å². The highest BCUT2D eigenvalue weighted by atomic mass is 35.5. The molecular weight excluding hydrogens is 286 g/mol. The molecule has 0 radical (unpaired) electrons. The van der Waals surface area contributed by atoms with E-state index in [9.17, 15) is 4.79 Å². The van der Waals surface area contributed by atoms with E-state index in [1.165, 1.54) is 0 Å². The number of carbonyl (C=O) groups is 1. The standard InChI is InChI=1S/C16H18ClN3O/c1-2-15(13-5-7-14(17)8-6-13)20-16(21)19-11-12-4-3-9-18-10-12/h3-10,15H,2,11H2,1H3,(H2,19,20,21). The van der Waals surface area contributed by atoms with E-state index in [0.717, 1.165) is 17.5 Å². The van der Waals surface area contributed by atoms with Gasteiger partial charge in [0.15, 0.2) is 0 Å². The molecule has 4 nitrogen and oxygen atoms in total. The normalized spacial score (nSPS) is 11.7. The summed E-state index contributed by atoms with van der Waals surface area (Å²) in [5.74, 6) is 0. The molecule has 0 aliphatic rings. The third-order valence-electron chi connectivity index (χ3n) is 3.16. The Morgan fingerprint density at radius 3 is 2.67 bits per heavy atom. The number of urea groups is 1. The summed E-state index contributed by atoms with van der Waals surface area (Å²) in [7, 11) is 0. The summed E-state index contributed by atoms with van der Waals surface area (Å²) in [6, 6.07) is 11.1. The summed E-state index contributed by atoms with van der Waals surface area (Å²) in [5.41, 5.74) is 2.01. The summed E-state index contributed by atoms with van der Waals surface area (Å²) in [6.07, 6.45) is 4.25. The number of carbonyl (C=O) groups excluding carboxylic acids is 1. The van der Waals surface area contributed by atoms with E-state index in [2.05, 4.69) is 15.6 Å². The Hall–Kier alpha value is -2.07. The predicted molar refractivity (Wildman–Crippen MR) is 84.1 cm³/mol. The minimum absolute atomic E-state index is 0.0313. The van der Waals surface area contributed by atoms with E-state index in [0.29, 0.717) is 11.6 Å². The minimum atomic E-state index is -0.194. The van der Waals surface area contributed by atoms with Crippen LogP contribution in [0.1, 0.15) is 30.5 Å². The number of pyridine rings is 1. The summed E-state index contributed by atoms with van der Waals surface area (Å²) in [6.45, 7) is 2.48. The molecule has 1 aromatic carbocycles. The van der Waals surface area contributed by atoms with Gasteiger partial charge in [-0.15, -0.1) is 0 Å². The second kappa shape index (κ2) is 7.64. The van der Waals surface area contributed by atoms with Crippen molar-refractivity contribution < 1.29 is 4.79 Å². The number of rotatable bonds is 5. The quantitative estimate of drug-likeness (QED) is 0.885. The van der Waals surface area contributed by atoms with Crippen LogP contribution in [0.3, 0.4) is 0 Å². The first-order valence-corrected chi connectivity index (χ1v) is 7.25. The van der Waals surface area contributed by atoms with Gasteiger partial charge in [-0.05, 0) is 35.7 Å². The van der Waals surface area contributed by atoms with E-state index in [1.54, 1.807) is 12.4 Å². The van der Waals surface area contributed by atoms with Crippen molar-refractivity contribution in [3.05, 3.63) is 64.9 Å². The number of halogens is 1. The van der Waals surface area contributed by atoms with Gasteiger partial charge in [0.1, 0.15) is 0 Å². The Balaban J connectivity index is 1.89. The van der Waals surface area contributed by atoms with Crippen LogP contribution in [0.5, 0.6) is 0 Å². The van der Waals surface area contributed by atoms with Crippen LogP contribution in [0, 0.1) is 0 Å². The number of aromatic nitrogens is 1. The third-order valence-corrected chi connectivity index (χ3v) is 3.41. The van der Waals surface area contributed by atoms with Crippen molar-refractivity contribution in [2.24, 2.45) is 0 Å².